The highest BCUT2D eigenvalue weighted by atomic mass is 19.1. The van der Waals surface area contributed by atoms with Crippen LogP contribution >= 0.6 is 0 Å². The first kappa shape index (κ1) is 13.6. The molecule has 0 fully saturated rings. The lowest BCUT2D eigenvalue weighted by Crippen LogP contribution is -2.21. The molecular formula is C16H20F2N2. The maximum atomic E-state index is 14.3. The number of fused-ring (bicyclic) bond motifs is 3. The van der Waals surface area contributed by atoms with Gasteiger partial charge in [-0.25, -0.2) is 8.78 Å². The summed E-state index contributed by atoms with van der Waals surface area (Å²) < 4.78 is 29.9. The van der Waals surface area contributed by atoms with Gasteiger partial charge in [0.25, 0.3) is 0 Å². The minimum Gasteiger partial charge on any atom is -0.341 e. The molecule has 0 spiro atoms. The van der Waals surface area contributed by atoms with Gasteiger partial charge in [-0.1, -0.05) is 13.8 Å². The summed E-state index contributed by atoms with van der Waals surface area (Å²) in [6.45, 7) is 6.79. The Balaban J connectivity index is 2.34. The van der Waals surface area contributed by atoms with Crippen molar-refractivity contribution in [2.75, 3.05) is 20.1 Å². The lowest BCUT2D eigenvalue weighted by atomic mass is 9.98. The normalized spacial score (nSPS) is 16.7. The Hall–Kier alpha value is -1.42. The van der Waals surface area contributed by atoms with E-state index in [9.17, 15) is 8.78 Å². The van der Waals surface area contributed by atoms with Gasteiger partial charge in [0.15, 0.2) is 0 Å². The van der Waals surface area contributed by atoms with Crippen molar-refractivity contribution < 1.29 is 8.78 Å². The largest absolute Gasteiger partial charge is 0.341 e. The number of halogens is 2. The molecule has 3 rings (SSSR count). The first-order valence-corrected chi connectivity index (χ1v) is 7.17. The van der Waals surface area contributed by atoms with E-state index in [2.05, 4.69) is 30.4 Å². The molecule has 0 bridgehead atoms. The van der Waals surface area contributed by atoms with E-state index in [0.29, 0.717) is 5.52 Å². The molecule has 0 amide bonds. The molecule has 108 valence electrons. The summed E-state index contributed by atoms with van der Waals surface area (Å²) in [5.41, 5.74) is 2.85. The third-order valence-corrected chi connectivity index (χ3v) is 4.24. The van der Waals surface area contributed by atoms with Crippen LogP contribution in [0.5, 0.6) is 0 Å². The van der Waals surface area contributed by atoms with E-state index in [1.807, 2.05) is 0 Å². The molecule has 1 aromatic carbocycles. The number of likely N-dealkylation sites (N-methyl/N-ethyl adjacent to an activating group) is 1. The van der Waals surface area contributed by atoms with Crippen molar-refractivity contribution in [3.8, 4) is 0 Å². The third kappa shape index (κ3) is 2.03. The molecular weight excluding hydrogens is 258 g/mol. The topological polar surface area (TPSA) is 8.17 Å². The Morgan fingerprint density at radius 2 is 1.85 bits per heavy atom. The van der Waals surface area contributed by atoms with Crippen molar-refractivity contribution in [1.82, 2.24) is 9.47 Å². The summed E-state index contributed by atoms with van der Waals surface area (Å²) in [5, 5.41) is 0.747. The van der Waals surface area contributed by atoms with Crippen LogP contribution in [-0.2, 0) is 13.0 Å². The van der Waals surface area contributed by atoms with Gasteiger partial charge in [-0.3, -0.25) is 0 Å². The van der Waals surface area contributed by atoms with Gasteiger partial charge >= 0.3 is 0 Å². The Morgan fingerprint density at radius 1 is 1.10 bits per heavy atom. The minimum atomic E-state index is -0.491. The molecule has 0 atom stereocenters. The van der Waals surface area contributed by atoms with E-state index < -0.39 is 11.6 Å². The summed E-state index contributed by atoms with van der Waals surface area (Å²) in [4.78, 5) is 2.25. The maximum Gasteiger partial charge on any atom is 0.150 e. The molecule has 0 unspecified atom stereocenters. The average Bonchev–Trinajstić information content (AvgIpc) is 2.56. The second-order valence-electron chi connectivity index (χ2n) is 6.00. The number of hydrogen-bond acceptors (Lipinski definition) is 1. The molecule has 2 aromatic rings. The molecule has 0 radical (unpaired) electrons. The lowest BCUT2D eigenvalue weighted by Gasteiger charge is -2.12. The van der Waals surface area contributed by atoms with Crippen LogP contribution in [0, 0.1) is 11.6 Å². The van der Waals surface area contributed by atoms with Crippen LogP contribution in [0.3, 0.4) is 0 Å². The van der Waals surface area contributed by atoms with Crippen LogP contribution < -0.4 is 0 Å². The Bertz CT molecular complexity index is 658. The maximum absolute atomic E-state index is 14.3. The number of benzene rings is 1. The molecule has 0 N–H and O–H groups in total. The Kier molecular flexibility index (Phi) is 3.28. The fraction of sp³-hybridized carbons (Fsp3) is 0.500. The molecule has 2 nitrogen and oxygen atoms in total. The predicted molar refractivity (Wildman–Crippen MR) is 77.1 cm³/mol. The summed E-state index contributed by atoms with van der Waals surface area (Å²) in [6.07, 6.45) is 0.889. The molecule has 0 aliphatic carbocycles. The van der Waals surface area contributed by atoms with Crippen molar-refractivity contribution in [2.24, 2.45) is 0 Å². The zero-order valence-electron chi connectivity index (χ0n) is 12.2. The van der Waals surface area contributed by atoms with Crippen LogP contribution in [-0.4, -0.2) is 29.6 Å². The van der Waals surface area contributed by atoms with Gasteiger partial charge in [-0.2, -0.15) is 0 Å². The monoisotopic (exact) mass is 278 g/mol. The van der Waals surface area contributed by atoms with Crippen LogP contribution in [0.15, 0.2) is 12.1 Å². The first-order chi connectivity index (χ1) is 9.49. The third-order valence-electron chi connectivity index (χ3n) is 4.24. The lowest BCUT2D eigenvalue weighted by molar-refractivity contribution is 0.342. The van der Waals surface area contributed by atoms with Crippen molar-refractivity contribution in [1.29, 1.82) is 0 Å². The van der Waals surface area contributed by atoms with Gasteiger partial charge in [0, 0.05) is 43.2 Å². The molecule has 1 aliphatic rings. The van der Waals surface area contributed by atoms with E-state index in [1.54, 1.807) is 0 Å². The van der Waals surface area contributed by atoms with Crippen LogP contribution in [0.1, 0.15) is 31.0 Å². The summed E-state index contributed by atoms with van der Waals surface area (Å²) in [7, 11) is 2.08. The highest BCUT2D eigenvalue weighted by molar-refractivity contribution is 5.87. The van der Waals surface area contributed by atoms with Crippen molar-refractivity contribution in [3.63, 3.8) is 0 Å². The molecule has 2 heterocycles. The van der Waals surface area contributed by atoms with Crippen molar-refractivity contribution >= 4 is 10.9 Å². The second kappa shape index (κ2) is 4.85. The van der Waals surface area contributed by atoms with Gasteiger partial charge in [0.2, 0.25) is 0 Å². The van der Waals surface area contributed by atoms with Crippen molar-refractivity contribution in [2.45, 2.75) is 32.7 Å². The SMILES string of the molecule is CC(C)c1c2n(c3c(F)cc(F)cc13)CCN(C)CC2. The fourth-order valence-electron chi connectivity index (χ4n) is 3.32. The fourth-order valence-corrected chi connectivity index (χ4v) is 3.32. The van der Waals surface area contributed by atoms with Gasteiger partial charge < -0.3 is 9.47 Å². The van der Waals surface area contributed by atoms with Gasteiger partial charge in [-0.05, 0) is 24.6 Å². The quantitative estimate of drug-likeness (QED) is 0.774. The van der Waals surface area contributed by atoms with E-state index >= 15 is 0 Å². The minimum absolute atomic E-state index is 0.262. The van der Waals surface area contributed by atoms with E-state index in [0.717, 1.165) is 43.1 Å². The number of aromatic nitrogens is 1. The first-order valence-electron chi connectivity index (χ1n) is 7.17. The highest BCUT2D eigenvalue weighted by Crippen LogP contribution is 2.35. The van der Waals surface area contributed by atoms with Gasteiger partial charge in [0.1, 0.15) is 11.6 Å². The van der Waals surface area contributed by atoms with E-state index in [1.165, 1.54) is 11.8 Å². The summed E-state index contributed by atoms with van der Waals surface area (Å²) in [5.74, 6) is -0.675. The molecule has 20 heavy (non-hydrogen) atoms. The van der Waals surface area contributed by atoms with E-state index in [4.69, 9.17) is 0 Å². The zero-order chi connectivity index (χ0) is 14.4. The number of nitrogens with zero attached hydrogens (tertiary/aromatic N) is 2. The Labute approximate surface area is 118 Å². The Morgan fingerprint density at radius 3 is 2.55 bits per heavy atom. The highest BCUT2D eigenvalue weighted by Gasteiger charge is 2.24. The number of rotatable bonds is 1. The summed E-state index contributed by atoms with van der Waals surface area (Å²) in [6, 6.07) is 2.48. The standard InChI is InChI=1S/C16H20F2N2/c1-10(2)15-12-8-11(17)9-13(18)16(12)20-7-6-19(3)5-4-14(15)20/h8-10H,4-7H2,1-3H3. The van der Waals surface area contributed by atoms with Gasteiger partial charge in [0.05, 0.1) is 5.52 Å². The van der Waals surface area contributed by atoms with Crippen LogP contribution in [0.25, 0.3) is 10.9 Å². The predicted octanol–water partition coefficient (Wildman–Crippen LogP) is 3.53. The molecule has 0 saturated carbocycles. The van der Waals surface area contributed by atoms with Crippen LogP contribution in [0.4, 0.5) is 8.78 Å². The zero-order valence-corrected chi connectivity index (χ0v) is 12.2. The smallest absolute Gasteiger partial charge is 0.150 e. The van der Waals surface area contributed by atoms with Crippen LogP contribution in [0.2, 0.25) is 0 Å². The molecule has 1 aliphatic heterocycles. The van der Waals surface area contributed by atoms with Gasteiger partial charge in [-0.15, -0.1) is 0 Å². The number of hydrogen-bond donors (Lipinski definition) is 0. The summed E-state index contributed by atoms with van der Waals surface area (Å²) >= 11 is 0. The van der Waals surface area contributed by atoms with Crippen molar-refractivity contribution in [3.05, 3.63) is 35.0 Å². The molecule has 1 aromatic heterocycles. The van der Waals surface area contributed by atoms with E-state index in [-0.39, 0.29) is 5.92 Å². The molecule has 0 saturated heterocycles. The second-order valence-corrected chi connectivity index (χ2v) is 6.00. The average molecular weight is 278 g/mol. The molecule has 4 heteroatoms.